The summed E-state index contributed by atoms with van der Waals surface area (Å²) in [5, 5.41) is 18.7. The van der Waals surface area contributed by atoms with E-state index >= 15 is 0 Å². The zero-order valence-corrected chi connectivity index (χ0v) is 11.0. The van der Waals surface area contributed by atoms with E-state index in [1.165, 1.54) is 0 Å². The van der Waals surface area contributed by atoms with Crippen LogP contribution in [0.4, 0.5) is 0 Å². The molecular weight excluding hydrogens is 246 g/mol. The van der Waals surface area contributed by atoms with Gasteiger partial charge in [0.2, 0.25) is 5.91 Å². The van der Waals surface area contributed by atoms with Crippen LogP contribution in [-0.2, 0) is 16.0 Å². The van der Waals surface area contributed by atoms with Gasteiger partial charge in [0.15, 0.2) is 0 Å². The number of amides is 1. The molecule has 0 unspecified atom stereocenters. The molecule has 2 rings (SSSR count). The summed E-state index contributed by atoms with van der Waals surface area (Å²) in [5.74, 6) is -1.34. The fourth-order valence-corrected chi connectivity index (χ4v) is 2.35. The van der Waals surface area contributed by atoms with Crippen LogP contribution in [0.25, 0.3) is 0 Å². The highest BCUT2D eigenvalue weighted by molar-refractivity contribution is 6.02. The number of hydrogen-bond acceptors (Lipinski definition) is 3. The second-order valence-corrected chi connectivity index (χ2v) is 5.12. The zero-order chi connectivity index (χ0) is 13.9. The molecule has 1 heterocycles. The molecule has 19 heavy (non-hydrogen) atoms. The van der Waals surface area contributed by atoms with Crippen LogP contribution in [0.3, 0.4) is 0 Å². The highest BCUT2D eigenvalue weighted by atomic mass is 16.4. The average Bonchev–Trinajstić information content (AvgIpc) is 2.68. The predicted octanol–water partition coefficient (Wildman–Crippen LogP) is 1.02. The Hall–Kier alpha value is -1.85. The monoisotopic (exact) mass is 265 g/mol. The lowest BCUT2D eigenvalue weighted by Gasteiger charge is -2.35. The predicted molar refractivity (Wildman–Crippen MR) is 68.6 cm³/mol. The number of carbonyl (C=O) groups excluding carboxylic acids is 1. The Kier molecular flexibility index (Phi) is 3.87. The summed E-state index contributed by atoms with van der Waals surface area (Å²) in [4.78, 5) is 23.0. The molecule has 0 aliphatic heterocycles. The molecule has 1 aliphatic carbocycles. The van der Waals surface area contributed by atoms with Gasteiger partial charge in [-0.05, 0) is 38.2 Å². The number of carbonyl (C=O) groups is 2. The van der Waals surface area contributed by atoms with Crippen LogP contribution in [0.1, 0.15) is 36.9 Å². The van der Waals surface area contributed by atoms with Gasteiger partial charge in [-0.15, -0.1) is 0 Å². The molecule has 1 fully saturated rings. The number of carboxylic acids is 1. The van der Waals surface area contributed by atoms with Gasteiger partial charge < -0.3 is 10.4 Å². The van der Waals surface area contributed by atoms with Crippen molar-refractivity contribution in [2.75, 3.05) is 6.54 Å². The third kappa shape index (κ3) is 2.62. The number of aromatic amines is 1. The van der Waals surface area contributed by atoms with E-state index in [4.69, 9.17) is 5.11 Å². The van der Waals surface area contributed by atoms with Crippen LogP contribution >= 0.6 is 0 Å². The van der Waals surface area contributed by atoms with E-state index in [1.807, 2.05) is 6.92 Å². The first-order valence-electron chi connectivity index (χ1n) is 6.57. The maximum Gasteiger partial charge on any atom is 0.319 e. The Morgan fingerprint density at radius 2 is 2.26 bits per heavy atom. The second kappa shape index (κ2) is 5.42. The first kappa shape index (κ1) is 13.6. The summed E-state index contributed by atoms with van der Waals surface area (Å²) in [7, 11) is 0. The van der Waals surface area contributed by atoms with Crippen LogP contribution in [0.5, 0.6) is 0 Å². The Labute approximate surface area is 111 Å². The molecule has 6 heteroatoms. The number of rotatable bonds is 6. The van der Waals surface area contributed by atoms with Crippen LogP contribution in [-0.4, -0.2) is 33.7 Å². The number of hydrogen-bond donors (Lipinski definition) is 3. The van der Waals surface area contributed by atoms with Gasteiger partial charge >= 0.3 is 5.97 Å². The quantitative estimate of drug-likeness (QED) is 0.528. The lowest BCUT2D eigenvalue weighted by atomic mass is 9.68. The van der Waals surface area contributed by atoms with Gasteiger partial charge in [-0.25, -0.2) is 0 Å². The molecule has 1 amide bonds. The van der Waals surface area contributed by atoms with Gasteiger partial charge in [0.05, 0.1) is 6.20 Å². The van der Waals surface area contributed by atoms with Crippen LogP contribution in [0.2, 0.25) is 0 Å². The maximum atomic E-state index is 11.9. The SMILES string of the molecule is Cc1[nH]ncc1CCCNC(=O)C1(C(=O)O)CCC1. The molecule has 0 saturated heterocycles. The lowest BCUT2D eigenvalue weighted by Crippen LogP contribution is -2.51. The van der Waals surface area contributed by atoms with E-state index < -0.39 is 11.4 Å². The molecule has 0 bridgehead atoms. The molecule has 3 N–H and O–H groups in total. The summed E-state index contributed by atoms with van der Waals surface area (Å²) in [6.07, 6.45) is 5.10. The number of carboxylic acid groups (broad SMARTS) is 1. The van der Waals surface area contributed by atoms with Crippen molar-refractivity contribution >= 4 is 11.9 Å². The van der Waals surface area contributed by atoms with Crippen molar-refractivity contribution in [1.29, 1.82) is 0 Å². The van der Waals surface area contributed by atoms with Gasteiger partial charge in [0, 0.05) is 12.2 Å². The standard InChI is InChI=1S/C13H19N3O3/c1-9-10(8-15-16-9)4-2-7-14-11(17)13(12(18)19)5-3-6-13/h8H,2-7H2,1H3,(H,14,17)(H,15,16)(H,18,19). The summed E-state index contributed by atoms with van der Waals surface area (Å²) >= 11 is 0. The van der Waals surface area contributed by atoms with Crippen LogP contribution in [0, 0.1) is 12.3 Å². The Bertz CT molecular complexity index is 477. The normalized spacial score (nSPS) is 16.7. The average molecular weight is 265 g/mol. The molecule has 1 aromatic heterocycles. The van der Waals surface area contributed by atoms with Crippen molar-refractivity contribution in [2.45, 2.75) is 39.0 Å². The minimum atomic E-state index is -1.16. The van der Waals surface area contributed by atoms with E-state index in [0.29, 0.717) is 19.4 Å². The van der Waals surface area contributed by atoms with Crippen molar-refractivity contribution in [1.82, 2.24) is 15.5 Å². The summed E-state index contributed by atoms with van der Waals surface area (Å²) in [6.45, 7) is 2.45. The van der Waals surface area contributed by atoms with Crippen molar-refractivity contribution in [3.63, 3.8) is 0 Å². The molecule has 0 radical (unpaired) electrons. The van der Waals surface area contributed by atoms with Gasteiger partial charge in [0.25, 0.3) is 0 Å². The number of nitrogens with zero attached hydrogens (tertiary/aromatic N) is 1. The zero-order valence-electron chi connectivity index (χ0n) is 11.0. The molecule has 1 saturated carbocycles. The summed E-state index contributed by atoms with van der Waals surface area (Å²) in [6, 6.07) is 0. The number of aromatic nitrogens is 2. The van der Waals surface area contributed by atoms with Crippen molar-refractivity contribution in [3.8, 4) is 0 Å². The number of aliphatic carboxylic acids is 1. The first-order chi connectivity index (χ1) is 9.06. The van der Waals surface area contributed by atoms with E-state index in [1.54, 1.807) is 6.20 Å². The van der Waals surface area contributed by atoms with Crippen molar-refractivity contribution < 1.29 is 14.7 Å². The molecule has 0 spiro atoms. The van der Waals surface area contributed by atoms with Gasteiger partial charge in [0.1, 0.15) is 5.41 Å². The minimum Gasteiger partial charge on any atom is -0.480 e. The molecular formula is C13H19N3O3. The van der Waals surface area contributed by atoms with E-state index in [-0.39, 0.29) is 5.91 Å². The number of nitrogens with one attached hydrogen (secondary N) is 2. The fraction of sp³-hybridized carbons (Fsp3) is 0.615. The van der Waals surface area contributed by atoms with Gasteiger partial charge in [-0.1, -0.05) is 6.42 Å². The Balaban J connectivity index is 1.75. The van der Waals surface area contributed by atoms with Crippen LogP contribution in [0.15, 0.2) is 6.20 Å². The van der Waals surface area contributed by atoms with Crippen molar-refractivity contribution in [3.05, 3.63) is 17.5 Å². The van der Waals surface area contributed by atoms with Gasteiger partial charge in [-0.3, -0.25) is 14.7 Å². The minimum absolute atomic E-state index is 0.338. The molecule has 104 valence electrons. The highest BCUT2D eigenvalue weighted by Crippen LogP contribution is 2.41. The maximum absolute atomic E-state index is 11.9. The van der Waals surface area contributed by atoms with Gasteiger partial charge in [-0.2, -0.15) is 5.10 Å². The molecule has 0 atom stereocenters. The molecule has 6 nitrogen and oxygen atoms in total. The fourth-order valence-electron chi connectivity index (χ4n) is 2.35. The molecule has 0 aromatic carbocycles. The number of aryl methyl sites for hydroxylation is 2. The molecule has 1 aromatic rings. The van der Waals surface area contributed by atoms with E-state index in [9.17, 15) is 9.59 Å². The largest absolute Gasteiger partial charge is 0.480 e. The Morgan fingerprint density at radius 1 is 1.53 bits per heavy atom. The highest BCUT2D eigenvalue weighted by Gasteiger charge is 2.50. The first-order valence-corrected chi connectivity index (χ1v) is 6.57. The summed E-state index contributed by atoms with van der Waals surface area (Å²) < 4.78 is 0. The molecule has 1 aliphatic rings. The third-order valence-electron chi connectivity index (χ3n) is 3.89. The van der Waals surface area contributed by atoms with Crippen LogP contribution < -0.4 is 5.32 Å². The van der Waals surface area contributed by atoms with E-state index in [0.717, 1.165) is 30.5 Å². The summed E-state index contributed by atoms with van der Waals surface area (Å²) in [5.41, 5.74) is 1.00. The number of H-pyrrole nitrogens is 1. The Morgan fingerprint density at radius 3 is 2.74 bits per heavy atom. The lowest BCUT2D eigenvalue weighted by molar-refractivity contribution is -0.162. The smallest absolute Gasteiger partial charge is 0.319 e. The van der Waals surface area contributed by atoms with Crippen molar-refractivity contribution in [2.24, 2.45) is 5.41 Å². The third-order valence-corrected chi connectivity index (χ3v) is 3.89. The second-order valence-electron chi connectivity index (χ2n) is 5.12. The van der Waals surface area contributed by atoms with E-state index in [2.05, 4.69) is 15.5 Å². The topological polar surface area (TPSA) is 95.1 Å².